The molecule has 2 heterocycles. The van der Waals surface area contributed by atoms with Gasteiger partial charge in [-0.25, -0.2) is 9.59 Å². The van der Waals surface area contributed by atoms with Crippen molar-refractivity contribution in [3.05, 3.63) is 35.4 Å². The van der Waals surface area contributed by atoms with E-state index < -0.39 is 24.3 Å². The number of carbonyl (C=O) groups is 2. The molecule has 0 aliphatic carbocycles. The van der Waals surface area contributed by atoms with Crippen LogP contribution in [0.2, 0.25) is 0 Å². The summed E-state index contributed by atoms with van der Waals surface area (Å²) in [5.41, 5.74) is 1.64. The summed E-state index contributed by atoms with van der Waals surface area (Å²) in [4.78, 5) is 31.3. The van der Waals surface area contributed by atoms with E-state index in [1.165, 1.54) is 0 Å². The van der Waals surface area contributed by atoms with Crippen LogP contribution in [0.3, 0.4) is 0 Å². The molecule has 0 radical (unpaired) electrons. The van der Waals surface area contributed by atoms with Crippen molar-refractivity contribution in [1.29, 1.82) is 0 Å². The van der Waals surface area contributed by atoms with Gasteiger partial charge in [0.15, 0.2) is 12.2 Å². The van der Waals surface area contributed by atoms with Gasteiger partial charge >= 0.3 is 11.9 Å². The molecule has 6 heteroatoms. The minimum absolute atomic E-state index is 0.334. The molecular weight excluding hydrogens is 284 g/mol. The molecule has 0 spiro atoms. The van der Waals surface area contributed by atoms with E-state index in [4.69, 9.17) is 9.47 Å². The second-order valence-electron chi connectivity index (χ2n) is 5.33. The average Bonchev–Trinajstić information content (AvgIpc) is 2.53. The van der Waals surface area contributed by atoms with Gasteiger partial charge in [-0.3, -0.25) is 9.98 Å². The fraction of sp³-hybridized carbons (Fsp3) is 0.375. The van der Waals surface area contributed by atoms with E-state index in [1.807, 2.05) is 24.3 Å². The standard InChI is InChI=1S/C16H16N2O4/c1-9-15(19)21-13(7-17-9)11-3-5-12(6-4-11)14-8-18-10(2)16(20)22-14/h3-10,13-14H,1-2H3. The van der Waals surface area contributed by atoms with Crippen molar-refractivity contribution < 1.29 is 19.1 Å². The zero-order chi connectivity index (χ0) is 15.7. The van der Waals surface area contributed by atoms with Gasteiger partial charge in [0.1, 0.15) is 12.1 Å². The number of esters is 2. The molecule has 4 unspecified atom stereocenters. The lowest BCUT2D eigenvalue weighted by atomic mass is 10.0. The number of carbonyl (C=O) groups excluding carboxylic acids is 2. The van der Waals surface area contributed by atoms with Crippen LogP contribution in [0.15, 0.2) is 34.3 Å². The first kappa shape index (κ1) is 14.4. The summed E-state index contributed by atoms with van der Waals surface area (Å²) in [5.74, 6) is -0.669. The number of nitrogens with zero attached hydrogens (tertiary/aromatic N) is 2. The molecule has 0 bridgehead atoms. The zero-order valence-electron chi connectivity index (χ0n) is 12.3. The van der Waals surface area contributed by atoms with E-state index in [2.05, 4.69) is 9.98 Å². The number of aliphatic imine (C=N–C) groups is 2. The SMILES string of the molecule is CC1N=CC(c2ccc(C3C=NC(C)C(=O)O3)cc2)OC1=O. The highest BCUT2D eigenvalue weighted by atomic mass is 16.6. The summed E-state index contributed by atoms with van der Waals surface area (Å²) in [5, 5.41) is 0. The molecule has 0 fully saturated rings. The maximum atomic E-state index is 11.5. The number of ether oxygens (including phenoxy) is 2. The molecule has 0 N–H and O–H groups in total. The van der Waals surface area contributed by atoms with Gasteiger partial charge in [-0.05, 0) is 25.0 Å². The molecule has 2 aliphatic rings. The Balaban J connectivity index is 1.76. The molecule has 4 atom stereocenters. The molecule has 3 rings (SSSR count). The average molecular weight is 300 g/mol. The third-order valence-electron chi connectivity index (χ3n) is 3.65. The topological polar surface area (TPSA) is 77.3 Å². The smallest absolute Gasteiger partial charge is 0.331 e. The van der Waals surface area contributed by atoms with E-state index in [0.717, 1.165) is 11.1 Å². The van der Waals surface area contributed by atoms with Gasteiger partial charge in [-0.15, -0.1) is 0 Å². The van der Waals surface area contributed by atoms with E-state index in [9.17, 15) is 9.59 Å². The van der Waals surface area contributed by atoms with Crippen LogP contribution in [0.1, 0.15) is 37.2 Å². The summed E-state index contributed by atoms with van der Waals surface area (Å²) in [6, 6.07) is 6.42. The van der Waals surface area contributed by atoms with Crippen LogP contribution >= 0.6 is 0 Å². The number of hydrogen-bond donors (Lipinski definition) is 0. The quantitative estimate of drug-likeness (QED) is 0.780. The summed E-state index contributed by atoms with van der Waals surface area (Å²) >= 11 is 0. The normalized spacial score (nSPS) is 30.8. The summed E-state index contributed by atoms with van der Waals surface area (Å²) in [6.45, 7) is 3.38. The molecule has 0 amide bonds. The largest absolute Gasteiger partial charge is 0.450 e. The number of rotatable bonds is 2. The highest BCUT2D eigenvalue weighted by Gasteiger charge is 2.26. The minimum Gasteiger partial charge on any atom is -0.450 e. The van der Waals surface area contributed by atoms with E-state index in [1.54, 1.807) is 26.3 Å². The third kappa shape index (κ3) is 2.77. The maximum absolute atomic E-state index is 11.5. The van der Waals surface area contributed by atoms with Crippen LogP contribution < -0.4 is 0 Å². The Morgan fingerprint density at radius 1 is 0.773 bits per heavy atom. The predicted molar refractivity (Wildman–Crippen MR) is 80.0 cm³/mol. The van der Waals surface area contributed by atoms with Crippen molar-refractivity contribution in [3.63, 3.8) is 0 Å². The molecule has 6 nitrogen and oxygen atoms in total. The van der Waals surface area contributed by atoms with Crippen LogP contribution in [0, 0.1) is 0 Å². The van der Waals surface area contributed by atoms with Gasteiger partial charge in [-0.2, -0.15) is 0 Å². The predicted octanol–water partition coefficient (Wildman–Crippen LogP) is 1.80. The van der Waals surface area contributed by atoms with Crippen LogP contribution in [-0.4, -0.2) is 36.5 Å². The number of cyclic esters (lactones) is 2. The Hall–Kier alpha value is -2.50. The lowest BCUT2D eigenvalue weighted by molar-refractivity contribution is -0.149. The molecular formula is C16H16N2O4. The Bertz CT molecular complexity index is 594. The van der Waals surface area contributed by atoms with Crippen molar-refractivity contribution in [3.8, 4) is 0 Å². The second kappa shape index (κ2) is 5.71. The van der Waals surface area contributed by atoms with Crippen molar-refractivity contribution in [2.75, 3.05) is 0 Å². The van der Waals surface area contributed by atoms with Crippen LogP contribution in [0.4, 0.5) is 0 Å². The maximum Gasteiger partial charge on any atom is 0.331 e. The van der Waals surface area contributed by atoms with Crippen LogP contribution in [0.5, 0.6) is 0 Å². The molecule has 0 aromatic heterocycles. The van der Waals surface area contributed by atoms with E-state index in [0.29, 0.717) is 0 Å². The molecule has 22 heavy (non-hydrogen) atoms. The van der Waals surface area contributed by atoms with Gasteiger partial charge in [0.2, 0.25) is 0 Å². The van der Waals surface area contributed by atoms with Crippen molar-refractivity contribution in [1.82, 2.24) is 0 Å². The first-order chi connectivity index (χ1) is 10.5. The van der Waals surface area contributed by atoms with E-state index >= 15 is 0 Å². The molecule has 2 aliphatic heterocycles. The lowest BCUT2D eigenvalue weighted by Gasteiger charge is -2.22. The Kier molecular flexibility index (Phi) is 3.75. The fourth-order valence-electron chi connectivity index (χ4n) is 2.23. The first-order valence-electron chi connectivity index (χ1n) is 7.12. The lowest BCUT2D eigenvalue weighted by Crippen LogP contribution is -2.27. The highest BCUT2D eigenvalue weighted by molar-refractivity contribution is 5.85. The monoisotopic (exact) mass is 300 g/mol. The Labute approximate surface area is 127 Å². The number of hydrogen-bond acceptors (Lipinski definition) is 6. The molecule has 0 saturated carbocycles. The second-order valence-corrected chi connectivity index (χ2v) is 5.33. The Morgan fingerprint density at radius 2 is 1.14 bits per heavy atom. The highest BCUT2D eigenvalue weighted by Crippen LogP contribution is 2.25. The van der Waals surface area contributed by atoms with Crippen molar-refractivity contribution in [2.24, 2.45) is 9.98 Å². The van der Waals surface area contributed by atoms with E-state index in [-0.39, 0.29) is 11.9 Å². The molecule has 1 aromatic rings. The van der Waals surface area contributed by atoms with Crippen LogP contribution in [0.25, 0.3) is 0 Å². The Morgan fingerprint density at radius 3 is 1.45 bits per heavy atom. The van der Waals surface area contributed by atoms with Gasteiger partial charge in [0.05, 0.1) is 0 Å². The van der Waals surface area contributed by atoms with Gasteiger partial charge in [0.25, 0.3) is 0 Å². The summed E-state index contributed by atoms with van der Waals surface area (Å²) < 4.78 is 10.6. The summed E-state index contributed by atoms with van der Waals surface area (Å²) in [6.07, 6.45) is 2.32. The van der Waals surface area contributed by atoms with Gasteiger partial charge in [0, 0.05) is 12.4 Å². The molecule has 0 saturated heterocycles. The zero-order valence-corrected chi connectivity index (χ0v) is 12.3. The van der Waals surface area contributed by atoms with Crippen molar-refractivity contribution in [2.45, 2.75) is 38.1 Å². The third-order valence-corrected chi connectivity index (χ3v) is 3.65. The number of benzene rings is 1. The van der Waals surface area contributed by atoms with Gasteiger partial charge in [-0.1, -0.05) is 24.3 Å². The fourth-order valence-corrected chi connectivity index (χ4v) is 2.23. The van der Waals surface area contributed by atoms with Gasteiger partial charge < -0.3 is 9.47 Å². The molecule has 114 valence electrons. The molecule has 1 aromatic carbocycles. The summed E-state index contributed by atoms with van der Waals surface area (Å²) in [7, 11) is 0. The first-order valence-corrected chi connectivity index (χ1v) is 7.12. The minimum atomic E-state index is -0.472. The van der Waals surface area contributed by atoms with Crippen LogP contribution in [-0.2, 0) is 19.1 Å². The van der Waals surface area contributed by atoms with Crippen molar-refractivity contribution >= 4 is 24.4 Å².